The van der Waals surface area contributed by atoms with Crippen LogP contribution in [0.2, 0.25) is 0 Å². The monoisotopic (exact) mass is 389 g/mol. The first kappa shape index (κ1) is 18.7. The molecular weight excluding hydrogens is 365 g/mol. The maximum absolute atomic E-state index is 14.4. The van der Waals surface area contributed by atoms with Crippen LogP contribution in [0.3, 0.4) is 0 Å². The molecule has 2 aliphatic heterocycles. The van der Waals surface area contributed by atoms with E-state index in [0.29, 0.717) is 18.8 Å². The van der Waals surface area contributed by atoms with Crippen molar-refractivity contribution in [3.05, 3.63) is 35.2 Å². The van der Waals surface area contributed by atoms with E-state index in [0.717, 1.165) is 44.1 Å². The Kier molecular flexibility index (Phi) is 5.17. The molecule has 150 valence electrons. The van der Waals surface area contributed by atoms with Crippen molar-refractivity contribution >= 4 is 5.91 Å². The molecule has 0 saturated carbocycles. The molecule has 1 fully saturated rings. The first-order valence-corrected chi connectivity index (χ1v) is 9.46. The summed E-state index contributed by atoms with van der Waals surface area (Å²) in [6.45, 7) is 3.62. The van der Waals surface area contributed by atoms with E-state index in [1.807, 2.05) is 0 Å². The number of amides is 1. The zero-order valence-corrected chi connectivity index (χ0v) is 16.1. The SMILES string of the molecule is COc1cc(F)c(C(=O)N2CCC(c3nnc4n3CCNC4)CC2)cc1OC. The number of aromatic nitrogens is 3. The molecule has 0 unspecified atom stereocenters. The van der Waals surface area contributed by atoms with Crippen molar-refractivity contribution in [3.63, 3.8) is 0 Å². The number of likely N-dealkylation sites (tertiary alicyclic amines) is 1. The van der Waals surface area contributed by atoms with Crippen LogP contribution in [-0.2, 0) is 13.1 Å². The van der Waals surface area contributed by atoms with E-state index in [1.54, 1.807) is 4.90 Å². The minimum Gasteiger partial charge on any atom is -0.493 e. The lowest BCUT2D eigenvalue weighted by molar-refractivity contribution is 0.0705. The summed E-state index contributed by atoms with van der Waals surface area (Å²) in [5.41, 5.74) is 0.00188. The molecule has 2 aromatic rings. The summed E-state index contributed by atoms with van der Waals surface area (Å²) >= 11 is 0. The van der Waals surface area contributed by atoms with Gasteiger partial charge in [-0.15, -0.1) is 10.2 Å². The van der Waals surface area contributed by atoms with E-state index in [1.165, 1.54) is 26.4 Å². The number of rotatable bonds is 4. The fraction of sp³-hybridized carbons (Fsp3) is 0.526. The summed E-state index contributed by atoms with van der Waals surface area (Å²) < 4.78 is 26.9. The largest absolute Gasteiger partial charge is 0.493 e. The highest BCUT2D eigenvalue weighted by atomic mass is 19.1. The zero-order chi connectivity index (χ0) is 19.7. The van der Waals surface area contributed by atoms with Gasteiger partial charge in [0.25, 0.3) is 5.91 Å². The second kappa shape index (κ2) is 7.75. The average molecular weight is 389 g/mol. The third kappa shape index (κ3) is 3.30. The second-order valence-corrected chi connectivity index (χ2v) is 7.06. The molecular formula is C19H24FN5O3. The maximum Gasteiger partial charge on any atom is 0.256 e. The van der Waals surface area contributed by atoms with Crippen molar-refractivity contribution in [2.24, 2.45) is 0 Å². The maximum atomic E-state index is 14.4. The van der Waals surface area contributed by atoms with Crippen molar-refractivity contribution in [1.82, 2.24) is 25.0 Å². The molecule has 0 radical (unpaired) electrons. The normalized spacial score (nSPS) is 17.3. The molecule has 0 atom stereocenters. The predicted molar refractivity (Wildman–Crippen MR) is 99.1 cm³/mol. The number of nitrogens with zero attached hydrogens (tertiary/aromatic N) is 4. The summed E-state index contributed by atoms with van der Waals surface area (Å²) in [5, 5.41) is 11.9. The predicted octanol–water partition coefficient (Wildman–Crippen LogP) is 1.56. The molecule has 0 bridgehead atoms. The fourth-order valence-electron chi connectivity index (χ4n) is 3.95. The van der Waals surface area contributed by atoms with Crippen LogP contribution in [0, 0.1) is 5.82 Å². The van der Waals surface area contributed by atoms with Gasteiger partial charge in [0.1, 0.15) is 17.5 Å². The molecule has 1 aromatic heterocycles. The van der Waals surface area contributed by atoms with Crippen molar-refractivity contribution in [2.75, 3.05) is 33.9 Å². The summed E-state index contributed by atoms with van der Waals surface area (Å²) in [5.74, 6) is 1.90. The second-order valence-electron chi connectivity index (χ2n) is 7.06. The third-order valence-corrected chi connectivity index (χ3v) is 5.50. The zero-order valence-electron chi connectivity index (χ0n) is 16.1. The first-order chi connectivity index (χ1) is 13.6. The molecule has 8 nitrogen and oxygen atoms in total. The number of carbonyl (C=O) groups excluding carboxylic acids is 1. The van der Waals surface area contributed by atoms with Crippen LogP contribution in [0.15, 0.2) is 12.1 Å². The van der Waals surface area contributed by atoms with E-state index in [-0.39, 0.29) is 23.1 Å². The summed E-state index contributed by atoms with van der Waals surface area (Å²) in [7, 11) is 2.90. The Labute approximate surface area is 162 Å². The molecule has 28 heavy (non-hydrogen) atoms. The Morgan fingerprint density at radius 3 is 2.57 bits per heavy atom. The van der Waals surface area contributed by atoms with Gasteiger partial charge in [0.05, 0.1) is 26.3 Å². The van der Waals surface area contributed by atoms with Crippen LogP contribution in [-0.4, -0.2) is 59.4 Å². The number of nitrogens with one attached hydrogen (secondary N) is 1. The van der Waals surface area contributed by atoms with Crippen LogP contribution in [0.25, 0.3) is 0 Å². The van der Waals surface area contributed by atoms with Gasteiger partial charge in [-0.3, -0.25) is 4.79 Å². The molecule has 0 spiro atoms. The molecule has 0 aliphatic carbocycles. The Morgan fingerprint density at radius 1 is 1.14 bits per heavy atom. The smallest absolute Gasteiger partial charge is 0.256 e. The van der Waals surface area contributed by atoms with E-state index in [9.17, 15) is 9.18 Å². The van der Waals surface area contributed by atoms with Crippen LogP contribution in [0.4, 0.5) is 4.39 Å². The van der Waals surface area contributed by atoms with E-state index < -0.39 is 5.82 Å². The molecule has 1 saturated heterocycles. The van der Waals surface area contributed by atoms with E-state index in [2.05, 4.69) is 20.1 Å². The lowest BCUT2D eigenvalue weighted by Gasteiger charge is -2.32. The number of halogens is 1. The molecule has 1 amide bonds. The van der Waals surface area contributed by atoms with E-state index in [4.69, 9.17) is 9.47 Å². The van der Waals surface area contributed by atoms with Gasteiger partial charge >= 0.3 is 0 Å². The molecule has 9 heteroatoms. The van der Waals surface area contributed by atoms with Gasteiger partial charge in [-0.25, -0.2) is 4.39 Å². The molecule has 1 aromatic carbocycles. The number of hydrogen-bond acceptors (Lipinski definition) is 6. The standard InChI is InChI=1S/C19H24FN5O3/c1-27-15-9-13(14(20)10-16(15)28-2)19(26)24-6-3-12(4-7-24)18-23-22-17-11-21-5-8-25(17)18/h9-10,12,21H,3-8,11H2,1-2H3. The lowest BCUT2D eigenvalue weighted by atomic mass is 9.95. The number of carbonyl (C=O) groups is 1. The van der Waals surface area contributed by atoms with Gasteiger partial charge in [-0.05, 0) is 18.9 Å². The van der Waals surface area contributed by atoms with Gasteiger partial charge in [0.2, 0.25) is 0 Å². The van der Waals surface area contributed by atoms with Crippen molar-refractivity contribution in [3.8, 4) is 11.5 Å². The highest BCUT2D eigenvalue weighted by Crippen LogP contribution is 2.32. The number of benzene rings is 1. The highest BCUT2D eigenvalue weighted by Gasteiger charge is 2.30. The first-order valence-electron chi connectivity index (χ1n) is 9.46. The van der Waals surface area contributed by atoms with Gasteiger partial charge in [0.15, 0.2) is 11.5 Å². The highest BCUT2D eigenvalue weighted by molar-refractivity contribution is 5.95. The van der Waals surface area contributed by atoms with Gasteiger partial charge in [-0.2, -0.15) is 0 Å². The minimum absolute atomic E-state index is 0.00188. The lowest BCUT2D eigenvalue weighted by Crippen LogP contribution is -2.39. The van der Waals surface area contributed by atoms with E-state index >= 15 is 0 Å². The Balaban J connectivity index is 1.47. The number of piperidine rings is 1. The number of ether oxygens (including phenoxy) is 2. The fourth-order valence-corrected chi connectivity index (χ4v) is 3.95. The van der Waals surface area contributed by atoms with Crippen LogP contribution in [0.5, 0.6) is 11.5 Å². The Hall–Kier alpha value is -2.68. The Bertz CT molecular complexity index is 877. The molecule has 2 aliphatic rings. The van der Waals surface area contributed by atoms with Gasteiger partial charge < -0.3 is 24.3 Å². The summed E-state index contributed by atoms with van der Waals surface area (Å²) in [6, 6.07) is 2.60. The summed E-state index contributed by atoms with van der Waals surface area (Å²) in [6.07, 6.45) is 1.57. The summed E-state index contributed by atoms with van der Waals surface area (Å²) in [4.78, 5) is 14.6. The van der Waals surface area contributed by atoms with Gasteiger partial charge in [0, 0.05) is 38.2 Å². The topological polar surface area (TPSA) is 81.5 Å². The van der Waals surface area contributed by atoms with Crippen molar-refractivity contribution in [1.29, 1.82) is 0 Å². The van der Waals surface area contributed by atoms with Crippen molar-refractivity contribution in [2.45, 2.75) is 31.8 Å². The Morgan fingerprint density at radius 2 is 1.86 bits per heavy atom. The van der Waals surface area contributed by atoms with Crippen LogP contribution in [0.1, 0.15) is 40.8 Å². The van der Waals surface area contributed by atoms with Gasteiger partial charge in [-0.1, -0.05) is 0 Å². The third-order valence-electron chi connectivity index (χ3n) is 5.50. The number of fused-ring (bicyclic) bond motifs is 1. The number of methoxy groups -OCH3 is 2. The average Bonchev–Trinajstić information content (AvgIpc) is 3.17. The molecule has 1 N–H and O–H groups in total. The van der Waals surface area contributed by atoms with Crippen LogP contribution < -0.4 is 14.8 Å². The quantitative estimate of drug-likeness (QED) is 0.855. The molecule has 4 rings (SSSR count). The minimum atomic E-state index is -0.608. The van der Waals surface area contributed by atoms with Crippen LogP contribution >= 0.6 is 0 Å². The number of hydrogen-bond donors (Lipinski definition) is 1. The molecule has 3 heterocycles. The van der Waals surface area contributed by atoms with Crippen molar-refractivity contribution < 1.29 is 18.7 Å².